The summed E-state index contributed by atoms with van der Waals surface area (Å²) in [5, 5.41) is 10.1. The van der Waals surface area contributed by atoms with Crippen molar-refractivity contribution in [1.82, 2.24) is 16.0 Å². The number of carbonyl (C=O) groups is 4. The van der Waals surface area contributed by atoms with E-state index in [2.05, 4.69) is 20.9 Å². The zero-order valence-electron chi connectivity index (χ0n) is 23.0. The highest BCUT2D eigenvalue weighted by atomic mass is 16.2. The Hall–Kier alpha value is -4.93. The van der Waals surface area contributed by atoms with E-state index in [0.717, 1.165) is 21.9 Å². The zero-order chi connectivity index (χ0) is 29.8. The normalized spacial score (nSPS) is 12.9. The number of hydrogen-bond donors (Lipinski definition) is 6. The highest BCUT2D eigenvalue weighted by Crippen LogP contribution is 2.17. The molecule has 11 heteroatoms. The summed E-state index contributed by atoms with van der Waals surface area (Å²) in [5.41, 5.74) is 18.1. The minimum atomic E-state index is -1.04. The van der Waals surface area contributed by atoms with Crippen LogP contribution in [-0.4, -0.2) is 54.3 Å². The maximum absolute atomic E-state index is 13.4. The fourth-order valence-electron chi connectivity index (χ4n) is 4.45. The smallest absolute Gasteiger partial charge is 0.243 e. The Balaban J connectivity index is 1.76. The lowest BCUT2D eigenvalue weighted by Gasteiger charge is -2.25. The number of aliphatic imine (C=N–C) groups is 1. The molecule has 0 aromatic heterocycles. The Morgan fingerprint density at radius 1 is 0.707 bits per heavy atom. The first-order chi connectivity index (χ1) is 19.6. The summed E-state index contributed by atoms with van der Waals surface area (Å²) in [7, 11) is 0. The largest absolute Gasteiger partial charge is 0.370 e. The molecular formula is C30H37N7O4. The average Bonchev–Trinajstić information content (AvgIpc) is 2.93. The van der Waals surface area contributed by atoms with E-state index >= 15 is 0 Å². The number of nitrogens with zero attached hydrogens (tertiary/aromatic N) is 1. The van der Waals surface area contributed by atoms with E-state index in [4.69, 9.17) is 17.2 Å². The Kier molecular flexibility index (Phi) is 11.2. The van der Waals surface area contributed by atoms with E-state index < -0.39 is 35.8 Å². The van der Waals surface area contributed by atoms with Crippen LogP contribution >= 0.6 is 0 Å². The molecule has 4 amide bonds. The lowest BCUT2D eigenvalue weighted by atomic mass is 10.0. The molecule has 0 spiro atoms. The summed E-state index contributed by atoms with van der Waals surface area (Å²) in [6, 6.07) is 19.8. The van der Waals surface area contributed by atoms with E-state index in [1.54, 1.807) is 0 Å². The monoisotopic (exact) mass is 559 g/mol. The van der Waals surface area contributed by atoms with Crippen molar-refractivity contribution in [2.24, 2.45) is 22.2 Å². The fourth-order valence-corrected chi connectivity index (χ4v) is 4.45. The predicted octanol–water partition coefficient (Wildman–Crippen LogP) is 0.638. The number of nitrogens with one attached hydrogen (secondary N) is 3. The second-order valence-electron chi connectivity index (χ2n) is 9.80. The van der Waals surface area contributed by atoms with Crippen LogP contribution in [-0.2, 0) is 32.0 Å². The molecule has 0 fully saturated rings. The second kappa shape index (κ2) is 15.0. The third-order valence-corrected chi connectivity index (χ3v) is 6.47. The number of rotatable bonds is 14. The van der Waals surface area contributed by atoms with Gasteiger partial charge in [-0.2, -0.15) is 0 Å². The summed E-state index contributed by atoms with van der Waals surface area (Å²) >= 11 is 0. The third-order valence-electron chi connectivity index (χ3n) is 6.47. The molecule has 9 N–H and O–H groups in total. The van der Waals surface area contributed by atoms with Crippen molar-refractivity contribution in [2.45, 2.75) is 50.7 Å². The SMILES string of the molecule is CC(=O)N[C@H](Cc1ccccc1)C(=O)N[C@@H](CCCN=C(N)N)C(=O)N[C@H](Cc1ccc2ccccc2c1)C(N)=O. The zero-order valence-corrected chi connectivity index (χ0v) is 23.0. The van der Waals surface area contributed by atoms with Crippen molar-refractivity contribution in [3.8, 4) is 0 Å². The Morgan fingerprint density at radius 2 is 1.32 bits per heavy atom. The van der Waals surface area contributed by atoms with E-state index in [1.165, 1.54) is 6.92 Å². The lowest BCUT2D eigenvalue weighted by Crippen LogP contribution is -2.57. The van der Waals surface area contributed by atoms with Crippen LogP contribution in [0.2, 0.25) is 0 Å². The van der Waals surface area contributed by atoms with E-state index in [1.807, 2.05) is 72.8 Å². The first-order valence-electron chi connectivity index (χ1n) is 13.4. The molecule has 0 aliphatic carbocycles. The molecular weight excluding hydrogens is 522 g/mol. The first kappa shape index (κ1) is 30.6. The highest BCUT2D eigenvalue weighted by Gasteiger charge is 2.29. The van der Waals surface area contributed by atoms with Gasteiger partial charge in [0.05, 0.1) is 0 Å². The van der Waals surface area contributed by atoms with Crippen LogP contribution in [0.1, 0.15) is 30.9 Å². The van der Waals surface area contributed by atoms with Gasteiger partial charge in [0.25, 0.3) is 0 Å². The molecule has 3 rings (SSSR count). The molecule has 11 nitrogen and oxygen atoms in total. The molecule has 0 radical (unpaired) electrons. The summed E-state index contributed by atoms with van der Waals surface area (Å²) in [4.78, 5) is 54.9. The van der Waals surface area contributed by atoms with Gasteiger partial charge in [-0.3, -0.25) is 24.2 Å². The van der Waals surface area contributed by atoms with Gasteiger partial charge in [0, 0.05) is 26.3 Å². The molecule has 0 saturated carbocycles. The van der Waals surface area contributed by atoms with Crippen LogP contribution in [0.5, 0.6) is 0 Å². The Labute approximate surface area is 238 Å². The van der Waals surface area contributed by atoms with Crippen molar-refractivity contribution in [3.05, 3.63) is 83.9 Å². The third kappa shape index (κ3) is 9.95. The predicted molar refractivity (Wildman–Crippen MR) is 158 cm³/mol. The van der Waals surface area contributed by atoms with E-state index in [9.17, 15) is 19.2 Å². The van der Waals surface area contributed by atoms with Gasteiger partial charge in [0.2, 0.25) is 23.6 Å². The standard InChI is InChI=1S/C30H37N7O4/c1-19(38)35-26(17-20-8-3-2-4-9-20)29(41)36-24(12-7-15-34-30(32)33)28(40)37-25(27(31)39)18-21-13-14-22-10-5-6-11-23(22)16-21/h2-6,8-11,13-14,16,24-26H,7,12,15,17-18H2,1H3,(H2,31,39)(H,35,38)(H,36,41)(H,37,40)(H4,32,33,34)/t24-,25+,26+/m0/s1. The van der Waals surface area contributed by atoms with Gasteiger partial charge < -0.3 is 33.2 Å². The molecule has 3 atom stereocenters. The molecule has 41 heavy (non-hydrogen) atoms. The number of hydrogen-bond acceptors (Lipinski definition) is 5. The first-order valence-corrected chi connectivity index (χ1v) is 13.4. The van der Waals surface area contributed by atoms with Crippen LogP contribution in [0.25, 0.3) is 10.8 Å². The number of amides is 4. The van der Waals surface area contributed by atoms with Crippen molar-refractivity contribution >= 4 is 40.4 Å². The summed E-state index contributed by atoms with van der Waals surface area (Å²) in [6.45, 7) is 1.55. The highest BCUT2D eigenvalue weighted by molar-refractivity contribution is 5.94. The topological polar surface area (TPSA) is 195 Å². The van der Waals surface area contributed by atoms with Gasteiger partial charge in [0.1, 0.15) is 18.1 Å². The van der Waals surface area contributed by atoms with Gasteiger partial charge >= 0.3 is 0 Å². The van der Waals surface area contributed by atoms with Crippen molar-refractivity contribution < 1.29 is 19.2 Å². The Morgan fingerprint density at radius 3 is 1.98 bits per heavy atom. The molecule has 0 heterocycles. The molecule has 3 aromatic carbocycles. The molecule has 0 unspecified atom stereocenters. The van der Waals surface area contributed by atoms with Crippen molar-refractivity contribution in [2.75, 3.05) is 6.54 Å². The van der Waals surface area contributed by atoms with Gasteiger partial charge in [0.15, 0.2) is 5.96 Å². The number of carbonyl (C=O) groups excluding carboxylic acids is 4. The summed E-state index contributed by atoms with van der Waals surface area (Å²) in [5.74, 6) is -2.32. The number of primary amides is 1. The summed E-state index contributed by atoms with van der Waals surface area (Å²) in [6.07, 6.45) is 0.934. The van der Waals surface area contributed by atoms with Crippen LogP contribution in [0.4, 0.5) is 0 Å². The van der Waals surface area contributed by atoms with Gasteiger partial charge in [-0.15, -0.1) is 0 Å². The lowest BCUT2D eigenvalue weighted by molar-refractivity contribution is -0.133. The maximum Gasteiger partial charge on any atom is 0.243 e. The van der Waals surface area contributed by atoms with E-state index in [-0.39, 0.29) is 37.7 Å². The minimum Gasteiger partial charge on any atom is -0.370 e. The van der Waals surface area contributed by atoms with Crippen LogP contribution < -0.4 is 33.2 Å². The number of guanidine groups is 1. The van der Waals surface area contributed by atoms with Gasteiger partial charge in [-0.1, -0.05) is 72.8 Å². The molecule has 0 saturated heterocycles. The van der Waals surface area contributed by atoms with Crippen LogP contribution in [0.3, 0.4) is 0 Å². The average molecular weight is 560 g/mol. The van der Waals surface area contributed by atoms with Crippen LogP contribution in [0.15, 0.2) is 77.8 Å². The molecule has 3 aromatic rings. The number of benzene rings is 3. The summed E-state index contributed by atoms with van der Waals surface area (Å²) < 4.78 is 0. The molecule has 0 aliphatic heterocycles. The van der Waals surface area contributed by atoms with Crippen molar-refractivity contribution in [3.63, 3.8) is 0 Å². The van der Waals surface area contributed by atoms with E-state index in [0.29, 0.717) is 6.42 Å². The molecule has 0 aliphatic rings. The molecule has 216 valence electrons. The quantitative estimate of drug-likeness (QED) is 0.0952. The Bertz CT molecular complexity index is 1390. The number of nitrogens with two attached hydrogens (primary N) is 3. The van der Waals surface area contributed by atoms with Crippen molar-refractivity contribution in [1.29, 1.82) is 0 Å². The van der Waals surface area contributed by atoms with Gasteiger partial charge in [-0.25, -0.2) is 0 Å². The second-order valence-corrected chi connectivity index (χ2v) is 9.80. The fraction of sp³-hybridized carbons (Fsp3) is 0.300. The van der Waals surface area contributed by atoms with Crippen LogP contribution in [0, 0.1) is 0 Å². The molecule has 0 bridgehead atoms. The maximum atomic E-state index is 13.4. The minimum absolute atomic E-state index is 0.0900. The van der Waals surface area contributed by atoms with Gasteiger partial charge in [-0.05, 0) is 34.7 Å². The number of fused-ring (bicyclic) bond motifs is 1.